The summed E-state index contributed by atoms with van der Waals surface area (Å²) in [5, 5.41) is 8.66. The molecule has 4 aromatic carbocycles. The normalized spacial score (nSPS) is 17.2. The zero-order valence-electron chi connectivity index (χ0n) is 29.2. The number of carbonyl (C=O) groups is 1. The van der Waals surface area contributed by atoms with Crippen molar-refractivity contribution in [2.45, 2.75) is 83.3 Å². The minimum atomic E-state index is -0.661. The molecule has 0 saturated carbocycles. The molecule has 1 spiro atoms. The molecule has 4 aromatic rings. The van der Waals surface area contributed by atoms with Crippen molar-refractivity contribution in [3.8, 4) is 17.2 Å². The summed E-state index contributed by atoms with van der Waals surface area (Å²) in [6.45, 7) is 7.40. The highest BCUT2D eigenvalue weighted by molar-refractivity contribution is 5.91. The first-order valence-corrected chi connectivity index (χ1v) is 17.6. The topological polar surface area (TPSA) is 72.7 Å². The van der Waals surface area contributed by atoms with Crippen molar-refractivity contribution in [1.82, 2.24) is 0 Å². The molecule has 0 fully saturated rings. The molecule has 0 bridgehead atoms. The number of esters is 1. The van der Waals surface area contributed by atoms with Crippen LogP contribution in [0.5, 0.6) is 17.2 Å². The molecule has 2 heterocycles. The molecule has 1 atom stereocenters. The van der Waals surface area contributed by atoms with Crippen molar-refractivity contribution < 1.29 is 19.0 Å². The van der Waals surface area contributed by atoms with Gasteiger partial charge in [0.05, 0.1) is 29.0 Å². The molecule has 7 heteroatoms. The smallest absolute Gasteiger partial charge is 0.343 e. The molecule has 49 heavy (non-hydrogen) atoms. The molecule has 0 aliphatic carbocycles. The predicted octanol–water partition coefficient (Wildman–Crippen LogP) is 11.4. The molecule has 7 nitrogen and oxygen atoms in total. The van der Waals surface area contributed by atoms with Gasteiger partial charge in [-0.3, -0.25) is 0 Å². The van der Waals surface area contributed by atoms with E-state index >= 15 is 0 Å². The third kappa shape index (κ3) is 7.41. The van der Waals surface area contributed by atoms with Gasteiger partial charge in [0.1, 0.15) is 17.2 Å². The first-order valence-electron chi connectivity index (χ1n) is 17.6. The van der Waals surface area contributed by atoms with Gasteiger partial charge in [0.2, 0.25) is 5.72 Å². The van der Waals surface area contributed by atoms with Crippen LogP contribution in [0.3, 0.4) is 0 Å². The number of fused-ring (bicyclic) bond motifs is 2. The van der Waals surface area contributed by atoms with Gasteiger partial charge in [-0.05, 0) is 111 Å². The fourth-order valence-electron chi connectivity index (χ4n) is 6.80. The molecule has 0 aromatic heterocycles. The average Bonchev–Trinajstić information content (AvgIpc) is 3.28. The number of anilines is 1. The summed E-state index contributed by atoms with van der Waals surface area (Å²) in [6.07, 6.45) is 14.4. The van der Waals surface area contributed by atoms with E-state index in [2.05, 4.69) is 79.4 Å². The first-order chi connectivity index (χ1) is 23.8. The zero-order chi connectivity index (χ0) is 34.3. The summed E-state index contributed by atoms with van der Waals surface area (Å²) in [4.78, 5) is 15.2. The van der Waals surface area contributed by atoms with Crippen LogP contribution >= 0.6 is 0 Å². The van der Waals surface area contributed by atoms with E-state index in [9.17, 15) is 4.79 Å². The molecule has 0 N–H and O–H groups in total. The van der Waals surface area contributed by atoms with Gasteiger partial charge in [-0.1, -0.05) is 70.1 Å². The third-order valence-corrected chi connectivity index (χ3v) is 9.77. The van der Waals surface area contributed by atoms with Gasteiger partial charge >= 0.3 is 5.97 Å². The summed E-state index contributed by atoms with van der Waals surface area (Å²) in [7, 11) is 2.07. The SMILES string of the molecule is CCCCCCCCCCOc1ccc(N=Nc2ccc(C(=O)Oc3ccc4c(c3)C=CC3(O4)N(C)c4ccccc4C3(C)C)cc2)cc1. The van der Waals surface area contributed by atoms with E-state index in [1.54, 1.807) is 30.3 Å². The molecule has 0 amide bonds. The molecule has 0 radical (unpaired) electrons. The lowest BCUT2D eigenvalue weighted by Gasteiger charge is -2.45. The lowest BCUT2D eigenvalue weighted by Crippen LogP contribution is -2.58. The number of carbonyl (C=O) groups excluding carboxylic acids is 1. The monoisotopic (exact) mass is 657 g/mol. The van der Waals surface area contributed by atoms with E-state index in [1.165, 1.54) is 50.5 Å². The fraction of sp³-hybridized carbons (Fsp3) is 0.357. The van der Waals surface area contributed by atoms with E-state index < -0.39 is 11.7 Å². The van der Waals surface area contributed by atoms with Gasteiger partial charge in [0.25, 0.3) is 0 Å². The minimum absolute atomic E-state index is 0.283. The molecule has 6 rings (SSSR count). The third-order valence-electron chi connectivity index (χ3n) is 9.77. The van der Waals surface area contributed by atoms with Gasteiger partial charge in [0.15, 0.2) is 0 Å². The molecule has 2 aliphatic rings. The van der Waals surface area contributed by atoms with Gasteiger partial charge < -0.3 is 19.1 Å². The Balaban J connectivity index is 0.988. The van der Waals surface area contributed by atoms with Crippen LogP contribution in [0.25, 0.3) is 6.08 Å². The molecule has 254 valence electrons. The van der Waals surface area contributed by atoms with Crippen molar-refractivity contribution in [2.24, 2.45) is 10.2 Å². The maximum atomic E-state index is 13.0. The largest absolute Gasteiger partial charge is 0.494 e. The van der Waals surface area contributed by atoms with Crippen molar-refractivity contribution in [2.75, 3.05) is 18.6 Å². The second kappa shape index (κ2) is 15.1. The van der Waals surface area contributed by atoms with Crippen molar-refractivity contribution in [3.63, 3.8) is 0 Å². The van der Waals surface area contributed by atoms with Crippen LogP contribution in [0.15, 0.2) is 107 Å². The minimum Gasteiger partial charge on any atom is -0.494 e. The first kappa shape index (κ1) is 34.0. The second-order valence-corrected chi connectivity index (χ2v) is 13.5. The second-order valence-electron chi connectivity index (χ2n) is 13.5. The zero-order valence-corrected chi connectivity index (χ0v) is 29.2. The highest BCUT2D eigenvalue weighted by Crippen LogP contribution is 2.54. The van der Waals surface area contributed by atoms with Crippen LogP contribution in [0, 0.1) is 0 Å². The lowest BCUT2D eigenvalue weighted by atomic mass is 9.76. The lowest BCUT2D eigenvalue weighted by molar-refractivity contribution is 0.0579. The molecule has 2 aliphatic heterocycles. The quantitative estimate of drug-likeness (QED) is 0.0584. The highest BCUT2D eigenvalue weighted by atomic mass is 16.5. The Bertz CT molecular complexity index is 1800. The molecular weight excluding hydrogens is 610 g/mol. The van der Waals surface area contributed by atoms with Crippen LogP contribution in [0.4, 0.5) is 17.1 Å². The Labute approximate surface area is 290 Å². The maximum absolute atomic E-state index is 13.0. The summed E-state index contributed by atoms with van der Waals surface area (Å²) in [5.74, 6) is 1.58. The Hall–Kier alpha value is -4.91. The molecule has 0 saturated heterocycles. The van der Waals surface area contributed by atoms with Gasteiger partial charge in [-0.25, -0.2) is 4.79 Å². The van der Waals surface area contributed by atoms with Crippen LogP contribution in [-0.2, 0) is 5.41 Å². The van der Waals surface area contributed by atoms with Gasteiger partial charge in [-0.15, -0.1) is 0 Å². The van der Waals surface area contributed by atoms with Crippen molar-refractivity contribution in [3.05, 3.63) is 114 Å². The number of hydrogen-bond donors (Lipinski definition) is 0. The Kier molecular flexibility index (Phi) is 10.5. The van der Waals surface area contributed by atoms with Crippen LogP contribution in [-0.4, -0.2) is 25.3 Å². The standard InChI is InChI=1S/C42H47N3O4/c1-5-6-7-8-9-10-11-14-29-47-35-23-21-34(22-24-35)44-43-33-19-17-31(18-20-33)40(46)48-36-25-26-39-32(30-36)27-28-42(49-39)41(2,3)37-15-12-13-16-38(37)45(42)4/h12-13,15-28,30H,5-11,14,29H2,1-4H3. The van der Waals surface area contributed by atoms with Crippen LogP contribution in [0.2, 0.25) is 0 Å². The number of benzene rings is 4. The number of rotatable bonds is 14. The van der Waals surface area contributed by atoms with Crippen LogP contribution in [0.1, 0.15) is 93.6 Å². The Morgan fingerprint density at radius 3 is 2.10 bits per heavy atom. The van der Waals surface area contributed by atoms with E-state index in [1.807, 2.05) is 36.4 Å². The van der Waals surface area contributed by atoms with Gasteiger partial charge in [-0.2, -0.15) is 10.2 Å². The molecule has 1 unspecified atom stereocenters. The van der Waals surface area contributed by atoms with E-state index in [0.717, 1.165) is 41.5 Å². The number of nitrogens with zero attached hydrogens (tertiary/aromatic N) is 3. The summed E-state index contributed by atoms with van der Waals surface area (Å²) in [5.41, 5.74) is 4.10. The Morgan fingerprint density at radius 2 is 1.41 bits per heavy atom. The van der Waals surface area contributed by atoms with E-state index in [-0.39, 0.29) is 5.41 Å². The number of unbranched alkanes of at least 4 members (excludes halogenated alkanes) is 7. The highest BCUT2D eigenvalue weighted by Gasteiger charge is 2.57. The summed E-state index contributed by atoms with van der Waals surface area (Å²) >= 11 is 0. The van der Waals surface area contributed by atoms with Gasteiger partial charge in [0, 0.05) is 18.3 Å². The number of ether oxygens (including phenoxy) is 3. The Morgan fingerprint density at radius 1 is 0.776 bits per heavy atom. The van der Waals surface area contributed by atoms with Crippen molar-refractivity contribution in [1.29, 1.82) is 0 Å². The van der Waals surface area contributed by atoms with E-state index in [0.29, 0.717) is 17.0 Å². The maximum Gasteiger partial charge on any atom is 0.343 e. The number of para-hydroxylation sites is 1. The van der Waals surface area contributed by atoms with Crippen LogP contribution < -0.4 is 19.1 Å². The van der Waals surface area contributed by atoms with E-state index in [4.69, 9.17) is 14.2 Å². The average molecular weight is 658 g/mol. The molecular formula is C42H47N3O4. The summed E-state index contributed by atoms with van der Waals surface area (Å²) < 4.78 is 18.3. The number of likely N-dealkylation sites (N-methyl/N-ethyl adjacent to an activating group) is 1. The fourth-order valence-corrected chi connectivity index (χ4v) is 6.80. The predicted molar refractivity (Wildman–Crippen MR) is 197 cm³/mol. The number of hydrogen-bond acceptors (Lipinski definition) is 7. The number of azo groups is 1. The van der Waals surface area contributed by atoms with Crippen molar-refractivity contribution >= 4 is 29.1 Å². The summed E-state index contributed by atoms with van der Waals surface area (Å²) in [6, 6.07) is 28.4.